The number of carbonyl (C=O) groups excluding carboxylic acids is 1. The first-order chi connectivity index (χ1) is 19.5. The molecule has 6 nitrogen and oxygen atoms in total. The van der Waals surface area contributed by atoms with Gasteiger partial charge in [-0.1, -0.05) is 47.6 Å². The van der Waals surface area contributed by atoms with Crippen molar-refractivity contribution in [3.8, 4) is 5.75 Å². The van der Waals surface area contributed by atoms with Crippen LogP contribution in [0, 0.1) is 11.8 Å². The Morgan fingerprint density at radius 2 is 1.61 bits per heavy atom. The normalized spacial score (nSPS) is 28.9. The van der Waals surface area contributed by atoms with Crippen LogP contribution in [0.2, 0.25) is 36.3 Å². The molecule has 7 atom stereocenters. The standard InChI is InChI=1S/C30H47F3O6Si2/c1-7-40(8-2,9-3)38-24-18-23-22(17-26(34)36-23)27(24)29-28(37-29)25(39-41(10-4,11-5)12-6)19-35-21-15-13-14-20(16-21)30(31,32)33/h13-16,22-25,27-29H,7-12,17-19H2,1-6H3/t22-,23-,24+,25-,27+,28?,29+/m0/s1. The first kappa shape index (κ1) is 32.5. The quantitative estimate of drug-likeness (QED) is 0.115. The van der Waals surface area contributed by atoms with Crippen LogP contribution in [0.15, 0.2) is 24.3 Å². The Balaban J connectivity index is 1.57. The SMILES string of the molecule is CC[Si](CC)(CC)O[C@@H](COc1cccc(C(F)(F)F)c1)C1O[C@@H]1[C@@H]1[C@H]2CC(=O)O[C@H]2C[C@H]1O[Si](CC)(CC)CC. The fourth-order valence-electron chi connectivity index (χ4n) is 7.00. The van der Waals surface area contributed by atoms with E-state index in [2.05, 4.69) is 41.5 Å². The summed E-state index contributed by atoms with van der Waals surface area (Å²) in [5.41, 5.74) is -0.745. The molecule has 1 unspecified atom stereocenters. The van der Waals surface area contributed by atoms with Gasteiger partial charge in [0, 0.05) is 18.3 Å². The summed E-state index contributed by atoms with van der Waals surface area (Å²) < 4.78 is 71.9. The summed E-state index contributed by atoms with van der Waals surface area (Å²) in [6.45, 7) is 13.2. The van der Waals surface area contributed by atoms with Gasteiger partial charge in [-0.3, -0.25) is 4.79 Å². The molecule has 0 radical (unpaired) electrons. The van der Waals surface area contributed by atoms with E-state index in [0.29, 0.717) is 12.8 Å². The maximum absolute atomic E-state index is 13.3. The molecule has 0 bridgehead atoms. The first-order valence-electron chi connectivity index (χ1n) is 15.5. The number of ether oxygens (including phenoxy) is 3. The van der Waals surface area contributed by atoms with Crippen molar-refractivity contribution in [1.82, 2.24) is 0 Å². The fourth-order valence-corrected chi connectivity index (χ4v) is 12.7. The first-order valence-corrected chi connectivity index (χ1v) is 20.5. The van der Waals surface area contributed by atoms with Crippen LogP contribution in [0.25, 0.3) is 0 Å². The van der Waals surface area contributed by atoms with Crippen molar-refractivity contribution in [3.05, 3.63) is 29.8 Å². The summed E-state index contributed by atoms with van der Waals surface area (Å²) in [7, 11) is -4.03. The van der Waals surface area contributed by atoms with Crippen molar-refractivity contribution in [2.45, 2.75) is 127 Å². The second-order valence-corrected chi connectivity index (χ2v) is 21.4. The number of hydrogen-bond donors (Lipinski definition) is 0. The van der Waals surface area contributed by atoms with E-state index in [-0.39, 0.29) is 54.6 Å². The molecule has 232 valence electrons. The van der Waals surface area contributed by atoms with Crippen LogP contribution in [0.4, 0.5) is 13.2 Å². The predicted octanol–water partition coefficient (Wildman–Crippen LogP) is 7.58. The summed E-state index contributed by atoms with van der Waals surface area (Å²) in [5, 5.41) is 0. The Hall–Kier alpha value is -1.41. The van der Waals surface area contributed by atoms with Crippen molar-refractivity contribution in [2.75, 3.05) is 6.61 Å². The van der Waals surface area contributed by atoms with Crippen molar-refractivity contribution in [3.63, 3.8) is 0 Å². The van der Waals surface area contributed by atoms with Crippen LogP contribution < -0.4 is 4.74 Å². The maximum atomic E-state index is 13.3. The molecule has 2 aliphatic heterocycles. The lowest BCUT2D eigenvalue weighted by atomic mass is 9.87. The maximum Gasteiger partial charge on any atom is 0.416 e. The molecule has 0 spiro atoms. The summed E-state index contributed by atoms with van der Waals surface area (Å²) in [6.07, 6.45) is -4.47. The molecule has 3 fully saturated rings. The zero-order valence-corrected chi connectivity index (χ0v) is 27.3. The lowest BCUT2D eigenvalue weighted by Crippen LogP contribution is -2.46. The summed E-state index contributed by atoms with van der Waals surface area (Å²) >= 11 is 0. The van der Waals surface area contributed by atoms with E-state index in [0.717, 1.165) is 48.4 Å². The smallest absolute Gasteiger partial charge is 0.416 e. The number of rotatable bonds is 15. The van der Waals surface area contributed by atoms with Crippen LogP contribution in [0.1, 0.15) is 59.9 Å². The van der Waals surface area contributed by atoms with Crippen molar-refractivity contribution >= 4 is 22.6 Å². The molecule has 41 heavy (non-hydrogen) atoms. The van der Waals surface area contributed by atoms with Crippen LogP contribution in [-0.2, 0) is 29.3 Å². The minimum absolute atomic E-state index is 0.00794. The Kier molecular flexibility index (Phi) is 10.4. The van der Waals surface area contributed by atoms with E-state index in [9.17, 15) is 18.0 Å². The molecule has 2 saturated heterocycles. The molecular weight excluding hydrogens is 569 g/mol. The lowest BCUT2D eigenvalue weighted by molar-refractivity contribution is -0.142. The van der Waals surface area contributed by atoms with E-state index < -0.39 is 34.5 Å². The lowest BCUT2D eigenvalue weighted by Gasteiger charge is -2.35. The number of halogens is 3. The van der Waals surface area contributed by atoms with Gasteiger partial charge in [-0.15, -0.1) is 0 Å². The number of fused-ring (bicyclic) bond motifs is 1. The zero-order chi connectivity index (χ0) is 30.0. The third kappa shape index (κ3) is 7.05. The highest BCUT2D eigenvalue weighted by Gasteiger charge is 2.62. The molecule has 4 rings (SSSR count). The highest BCUT2D eigenvalue weighted by molar-refractivity contribution is 6.74. The predicted molar refractivity (Wildman–Crippen MR) is 156 cm³/mol. The Labute approximate surface area is 244 Å². The molecule has 3 aliphatic rings. The zero-order valence-electron chi connectivity index (χ0n) is 25.3. The summed E-state index contributed by atoms with van der Waals surface area (Å²) in [5.74, 6) is 0.0357. The molecule has 2 heterocycles. The second kappa shape index (κ2) is 13.1. The third-order valence-electron chi connectivity index (χ3n) is 10.1. The van der Waals surface area contributed by atoms with E-state index in [1.54, 1.807) is 6.07 Å². The van der Waals surface area contributed by atoms with Gasteiger partial charge in [0.25, 0.3) is 0 Å². The van der Waals surface area contributed by atoms with Crippen molar-refractivity contribution in [1.29, 1.82) is 0 Å². The van der Waals surface area contributed by atoms with E-state index >= 15 is 0 Å². The largest absolute Gasteiger partial charge is 0.491 e. The molecule has 0 N–H and O–H groups in total. The van der Waals surface area contributed by atoms with Crippen LogP contribution in [0.5, 0.6) is 5.75 Å². The molecule has 11 heteroatoms. The van der Waals surface area contributed by atoms with Crippen molar-refractivity contribution < 1.29 is 41.0 Å². The van der Waals surface area contributed by atoms with Gasteiger partial charge in [-0.05, 0) is 54.5 Å². The number of alkyl halides is 3. The van der Waals surface area contributed by atoms with Gasteiger partial charge in [-0.2, -0.15) is 13.2 Å². The fraction of sp³-hybridized carbons (Fsp3) is 0.767. The molecular formula is C30H47F3O6Si2. The number of benzene rings is 1. The average Bonchev–Trinajstić information content (AvgIpc) is 3.56. The minimum Gasteiger partial charge on any atom is -0.491 e. The van der Waals surface area contributed by atoms with Gasteiger partial charge in [-0.25, -0.2) is 0 Å². The number of esters is 1. The molecule has 0 amide bonds. The van der Waals surface area contributed by atoms with Gasteiger partial charge in [0.1, 0.15) is 30.7 Å². The summed E-state index contributed by atoms with van der Waals surface area (Å²) in [4.78, 5) is 12.3. The van der Waals surface area contributed by atoms with Gasteiger partial charge in [0.2, 0.25) is 0 Å². The molecule has 1 aromatic carbocycles. The summed E-state index contributed by atoms with van der Waals surface area (Å²) in [6, 6.07) is 10.8. The van der Waals surface area contributed by atoms with E-state index in [4.69, 9.17) is 23.1 Å². The Morgan fingerprint density at radius 1 is 0.976 bits per heavy atom. The topological polar surface area (TPSA) is 66.5 Å². The van der Waals surface area contributed by atoms with Gasteiger partial charge >= 0.3 is 12.1 Å². The molecule has 1 saturated carbocycles. The highest BCUT2D eigenvalue weighted by Crippen LogP contribution is 2.52. The minimum atomic E-state index is -4.45. The Morgan fingerprint density at radius 3 is 2.20 bits per heavy atom. The van der Waals surface area contributed by atoms with E-state index in [1.165, 1.54) is 6.07 Å². The number of carbonyl (C=O) groups is 1. The third-order valence-corrected chi connectivity index (χ3v) is 19.4. The van der Waals surface area contributed by atoms with Gasteiger partial charge in [0.05, 0.1) is 24.2 Å². The number of hydrogen-bond acceptors (Lipinski definition) is 6. The van der Waals surface area contributed by atoms with Gasteiger partial charge in [0.15, 0.2) is 16.6 Å². The Bertz CT molecular complexity index is 1020. The average molecular weight is 617 g/mol. The van der Waals surface area contributed by atoms with E-state index in [1.807, 2.05) is 0 Å². The van der Waals surface area contributed by atoms with Crippen LogP contribution in [-0.4, -0.2) is 59.7 Å². The monoisotopic (exact) mass is 616 g/mol. The van der Waals surface area contributed by atoms with Gasteiger partial charge < -0.3 is 23.1 Å². The highest BCUT2D eigenvalue weighted by atomic mass is 28.4. The molecule has 0 aromatic heterocycles. The van der Waals surface area contributed by atoms with Crippen LogP contribution in [0.3, 0.4) is 0 Å². The second-order valence-electron chi connectivity index (χ2n) is 11.9. The molecule has 1 aliphatic carbocycles. The van der Waals surface area contributed by atoms with Crippen molar-refractivity contribution in [2.24, 2.45) is 11.8 Å². The molecule has 1 aromatic rings. The number of epoxide rings is 1. The van der Waals surface area contributed by atoms with Crippen LogP contribution >= 0.6 is 0 Å².